The van der Waals surface area contributed by atoms with Crippen molar-refractivity contribution in [2.75, 3.05) is 0 Å². The van der Waals surface area contributed by atoms with Gasteiger partial charge in [-0.05, 0) is 30.0 Å². The second-order valence-electron chi connectivity index (χ2n) is 3.87. The lowest BCUT2D eigenvalue weighted by Gasteiger charge is -2.10. The smallest absolute Gasteiger partial charge is 0.0793 e. The molecule has 2 rings (SSSR count). The first-order valence-electron chi connectivity index (χ1n) is 5.54. The summed E-state index contributed by atoms with van der Waals surface area (Å²) < 4.78 is 0. The third kappa shape index (κ3) is 2.94. The van der Waals surface area contributed by atoms with Crippen molar-refractivity contribution in [1.82, 2.24) is 0 Å². The Hall–Kier alpha value is -1.60. The first kappa shape index (κ1) is 10.9. The summed E-state index contributed by atoms with van der Waals surface area (Å²) in [6.07, 6.45) is 1.28. The Kier molecular flexibility index (Phi) is 3.73. The normalized spacial score (nSPS) is 12.3. The van der Waals surface area contributed by atoms with Crippen molar-refractivity contribution in [3.63, 3.8) is 0 Å². The van der Waals surface area contributed by atoms with Gasteiger partial charge in [0.2, 0.25) is 0 Å². The average molecular weight is 211 g/mol. The van der Waals surface area contributed by atoms with Crippen LogP contribution in [0.15, 0.2) is 54.6 Å². The fourth-order valence-corrected chi connectivity index (χ4v) is 1.74. The fraction of sp³-hybridized carbons (Fsp3) is 0.200. The summed E-state index contributed by atoms with van der Waals surface area (Å²) in [5.41, 5.74) is 2.23. The largest absolute Gasteiger partial charge is 0.388 e. The van der Waals surface area contributed by atoms with E-state index < -0.39 is 0 Å². The maximum absolute atomic E-state index is 9.97. The number of aliphatic hydroxyl groups excluding tert-OH is 1. The molecule has 0 aliphatic rings. The van der Waals surface area contributed by atoms with E-state index in [2.05, 4.69) is 18.2 Å². The zero-order valence-electron chi connectivity index (χ0n) is 9.13. The second-order valence-corrected chi connectivity index (χ2v) is 3.87. The van der Waals surface area contributed by atoms with Crippen LogP contribution in [0, 0.1) is 6.07 Å². The van der Waals surface area contributed by atoms with Gasteiger partial charge in [0.1, 0.15) is 0 Å². The summed E-state index contributed by atoms with van der Waals surface area (Å²) in [5, 5.41) is 9.97. The number of rotatable bonds is 4. The van der Waals surface area contributed by atoms with Gasteiger partial charge in [0, 0.05) is 0 Å². The van der Waals surface area contributed by atoms with E-state index in [0.717, 1.165) is 18.4 Å². The van der Waals surface area contributed by atoms with Crippen molar-refractivity contribution < 1.29 is 5.11 Å². The Balaban J connectivity index is 1.92. The summed E-state index contributed by atoms with van der Waals surface area (Å²) in [4.78, 5) is 0. The molecule has 0 saturated heterocycles. The highest BCUT2D eigenvalue weighted by molar-refractivity contribution is 5.18. The third-order valence-electron chi connectivity index (χ3n) is 2.68. The predicted octanol–water partition coefficient (Wildman–Crippen LogP) is 3.15. The van der Waals surface area contributed by atoms with Crippen molar-refractivity contribution in [2.24, 2.45) is 0 Å². The molecular formula is C15H15O. The standard InChI is InChI=1S/C15H15O/c16-15(14-9-5-2-6-10-14)12-11-13-7-3-1-4-8-13/h1,3-10,15-16H,11-12H2. The molecular weight excluding hydrogens is 196 g/mol. The highest BCUT2D eigenvalue weighted by atomic mass is 16.3. The van der Waals surface area contributed by atoms with Crippen LogP contribution >= 0.6 is 0 Å². The zero-order chi connectivity index (χ0) is 11.2. The van der Waals surface area contributed by atoms with E-state index in [1.165, 1.54) is 5.56 Å². The Labute approximate surface area is 96.4 Å². The maximum atomic E-state index is 9.97. The minimum Gasteiger partial charge on any atom is -0.388 e. The molecule has 0 bridgehead atoms. The van der Waals surface area contributed by atoms with Crippen LogP contribution in [0.3, 0.4) is 0 Å². The summed E-state index contributed by atoms with van der Waals surface area (Å²) in [6, 6.07) is 20.7. The van der Waals surface area contributed by atoms with E-state index in [1.807, 2.05) is 42.5 Å². The molecule has 0 heterocycles. The van der Waals surface area contributed by atoms with Gasteiger partial charge in [0.15, 0.2) is 0 Å². The topological polar surface area (TPSA) is 20.2 Å². The van der Waals surface area contributed by atoms with Crippen molar-refractivity contribution in [3.05, 3.63) is 71.8 Å². The molecule has 1 nitrogen and oxygen atoms in total. The van der Waals surface area contributed by atoms with Crippen LogP contribution in [0.25, 0.3) is 0 Å². The van der Waals surface area contributed by atoms with Crippen LogP contribution in [0.5, 0.6) is 0 Å². The Bertz CT molecular complexity index is 408. The highest BCUT2D eigenvalue weighted by Gasteiger charge is 2.06. The van der Waals surface area contributed by atoms with Gasteiger partial charge in [-0.15, -0.1) is 0 Å². The molecule has 81 valence electrons. The molecule has 0 aliphatic carbocycles. The summed E-state index contributed by atoms with van der Waals surface area (Å²) in [6.45, 7) is 0. The van der Waals surface area contributed by atoms with Crippen LogP contribution in [-0.4, -0.2) is 5.11 Å². The molecule has 1 unspecified atom stereocenters. The first-order valence-corrected chi connectivity index (χ1v) is 5.54. The van der Waals surface area contributed by atoms with E-state index in [-0.39, 0.29) is 6.10 Å². The average Bonchev–Trinajstić information content (AvgIpc) is 2.38. The lowest BCUT2D eigenvalue weighted by Crippen LogP contribution is -1.99. The van der Waals surface area contributed by atoms with E-state index in [1.54, 1.807) is 0 Å². The van der Waals surface area contributed by atoms with Crippen LogP contribution < -0.4 is 0 Å². The first-order chi connectivity index (χ1) is 7.86. The molecule has 0 aromatic heterocycles. The number of aryl methyl sites for hydroxylation is 1. The lowest BCUT2D eigenvalue weighted by atomic mass is 10.0. The Morgan fingerprint density at radius 1 is 1.00 bits per heavy atom. The molecule has 0 spiro atoms. The van der Waals surface area contributed by atoms with Gasteiger partial charge in [0.05, 0.1) is 6.10 Å². The molecule has 1 radical (unpaired) electrons. The van der Waals surface area contributed by atoms with E-state index in [0.29, 0.717) is 0 Å². The predicted molar refractivity (Wildman–Crippen MR) is 65.0 cm³/mol. The van der Waals surface area contributed by atoms with Crippen LogP contribution in [-0.2, 0) is 6.42 Å². The van der Waals surface area contributed by atoms with Gasteiger partial charge in [0.25, 0.3) is 0 Å². The van der Waals surface area contributed by atoms with Gasteiger partial charge in [-0.25, -0.2) is 0 Å². The summed E-state index contributed by atoms with van der Waals surface area (Å²) in [5.74, 6) is 0. The minimum atomic E-state index is -0.380. The van der Waals surface area contributed by atoms with Gasteiger partial charge >= 0.3 is 0 Å². The Morgan fingerprint density at radius 3 is 2.38 bits per heavy atom. The summed E-state index contributed by atoms with van der Waals surface area (Å²) >= 11 is 0. The van der Waals surface area contributed by atoms with E-state index in [4.69, 9.17) is 0 Å². The second kappa shape index (κ2) is 5.47. The number of hydrogen-bond donors (Lipinski definition) is 1. The van der Waals surface area contributed by atoms with Crippen LogP contribution in [0.1, 0.15) is 23.7 Å². The molecule has 0 fully saturated rings. The third-order valence-corrected chi connectivity index (χ3v) is 2.68. The molecule has 1 N–H and O–H groups in total. The van der Waals surface area contributed by atoms with E-state index in [9.17, 15) is 5.11 Å². The van der Waals surface area contributed by atoms with Crippen molar-refractivity contribution >= 4 is 0 Å². The molecule has 1 heteroatoms. The molecule has 2 aromatic rings. The monoisotopic (exact) mass is 211 g/mol. The molecule has 16 heavy (non-hydrogen) atoms. The van der Waals surface area contributed by atoms with Gasteiger partial charge in [-0.3, -0.25) is 0 Å². The van der Waals surface area contributed by atoms with Crippen molar-refractivity contribution in [2.45, 2.75) is 18.9 Å². The SMILES string of the molecule is OC(CCc1ccccc1)c1cc[c]cc1. The molecule has 0 amide bonds. The maximum Gasteiger partial charge on any atom is 0.0793 e. The highest BCUT2D eigenvalue weighted by Crippen LogP contribution is 2.18. The number of aliphatic hydroxyl groups is 1. The van der Waals surface area contributed by atoms with E-state index >= 15 is 0 Å². The minimum absolute atomic E-state index is 0.380. The van der Waals surface area contributed by atoms with Crippen molar-refractivity contribution in [1.29, 1.82) is 0 Å². The van der Waals surface area contributed by atoms with Gasteiger partial charge in [-0.2, -0.15) is 0 Å². The molecule has 1 atom stereocenters. The van der Waals surface area contributed by atoms with Gasteiger partial charge < -0.3 is 5.11 Å². The summed E-state index contributed by atoms with van der Waals surface area (Å²) in [7, 11) is 0. The van der Waals surface area contributed by atoms with Crippen LogP contribution in [0.2, 0.25) is 0 Å². The fourth-order valence-electron chi connectivity index (χ4n) is 1.74. The molecule has 0 aliphatic heterocycles. The molecule has 2 aromatic carbocycles. The molecule has 0 saturated carbocycles. The number of benzene rings is 2. The lowest BCUT2D eigenvalue weighted by molar-refractivity contribution is 0.168. The number of hydrogen-bond acceptors (Lipinski definition) is 1. The van der Waals surface area contributed by atoms with Gasteiger partial charge in [-0.1, -0.05) is 54.6 Å². The zero-order valence-corrected chi connectivity index (χ0v) is 9.13. The Morgan fingerprint density at radius 2 is 1.69 bits per heavy atom. The quantitative estimate of drug-likeness (QED) is 0.823. The van der Waals surface area contributed by atoms with Crippen molar-refractivity contribution in [3.8, 4) is 0 Å². The van der Waals surface area contributed by atoms with Crippen LogP contribution in [0.4, 0.5) is 0 Å².